The summed E-state index contributed by atoms with van der Waals surface area (Å²) in [6.07, 6.45) is 4.86. The fraction of sp³-hybridized carbons (Fsp3) is 0.545. The maximum Gasteiger partial charge on any atom is 0.230 e. The predicted octanol–water partition coefficient (Wildman–Crippen LogP) is 2.90. The molecule has 1 aliphatic rings. The third kappa shape index (κ3) is 3.54. The Morgan fingerprint density at radius 2 is 2.33 bits per heavy atom. The van der Waals surface area contributed by atoms with E-state index in [-0.39, 0.29) is 5.91 Å². The van der Waals surface area contributed by atoms with E-state index in [0.29, 0.717) is 11.8 Å². The summed E-state index contributed by atoms with van der Waals surface area (Å²) in [5.41, 5.74) is 0. The molecular weight excluding hydrogens is 226 g/mol. The summed E-state index contributed by atoms with van der Waals surface area (Å²) in [5.74, 6) is 0.733. The molecule has 4 heteroatoms. The molecule has 0 aromatic carbocycles. The zero-order chi connectivity index (χ0) is 10.5. The van der Waals surface area contributed by atoms with E-state index in [9.17, 15) is 4.79 Å². The number of thiophene rings is 1. The van der Waals surface area contributed by atoms with E-state index < -0.39 is 0 Å². The zero-order valence-corrected chi connectivity index (χ0v) is 10.2. The van der Waals surface area contributed by atoms with Crippen molar-refractivity contribution in [3.05, 3.63) is 17.5 Å². The zero-order valence-electron chi connectivity index (χ0n) is 8.57. The summed E-state index contributed by atoms with van der Waals surface area (Å²) in [4.78, 5) is 11.6. The molecule has 1 aromatic rings. The van der Waals surface area contributed by atoms with Gasteiger partial charge in [-0.05, 0) is 24.3 Å². The Bertz CT molecular complexity index is 304. The molecular formula is C11H15NOS2. The standard InChI is InChI=1S/C11H15NOS2/c13-10(12-9-4-1-2-5-9)8-15-11-6-3-7-14-11/h3,6-7,9H,1-2,4-5,8H2,(H,12,13). The molecule has 0 bridgehead atoms. The molecule has 1 saturated carbocycles. The van der Waals surface area contributed by atoms with Crippen LogP contribution in [0.25, 0.3) is 0 Å². The number of carbonyl (C=O) groups excluding carboxylic acids is 1. The van der Waals surface area contributed by atoms with Crippen LogP contribution in [0, 0.1) is 0 Å². The lowest BCUT2D eigenvalue weighted by atomic mass is 10.2. The van der Waals surface area contributed by atoms with Crippen LogP contribution in [0.2, 0.25) is 0 Å². The van der Waals surface area contributed by atoms with Gasteiger partial charge in [-0.3, -0.25) is 4.79 Å². The predicted molar refractivity (Wildman–Crippen MR) is 65.4 cm³/mol. The van der Waals surface area contributed by atoms with Crippen molar-refractivity contribution in [3.8, 4) is 0 Å². The Hall–Kier alpha value is -0.480. The van der Waals surface area contributed by atoms with Crippen LogP contribution in [0.15, 0.2) is 21.7 Å². The topological polar surface area (TPSA) is 29.1 Å². The smallest absolute Gasteiger partial charge is 0.230 e. The molecule has 1 heterocycles. The maximum absolute atomic E-state index is 11.6. The Morgan fingerprint density at radius 3 is 3.00 bits per heavy atom. The fourth-order valence-electron chi connectivity index (χ4n) is 1.82. The third-order valence-corrected chi connectivity index (χ3v) is 4.69. The summed E-state index contributed by atoms with van der Waals surface area (Å²) in [6.45, 7) is 0. The molecule has 1 N–H and O–H groups in total. The lowest BCUT2D eigenvalue weighted by molar-refractivity contribution is -0.119. The van der Waals surface area contributed by atoms with Crippen molar-refractivity contribution in [1.29, 1.82) is 0 Å². The Labute approximate surface area is 98.5 Å². The van der Waals surface area contributed by atoms with Crippen LogP contribution in [0.3, 0.4) is 0 Å². The highest BCUT2D eigenvalue weighted by atomic mass is 32.2. The average Bonchev–Trinajstić information content (AvgIpc) is 2.86. The number of nitrogens with one attached hydrogen (secondary N) is 1. The second kappa shape index (κ2) is 5.56. The second-order valence-electron chi connectivity index (χ2n) is 3.77. The number of carbonyl (C=O) groups is 1. The minimum Gasteiger partial charge on any atom is -0.353 e. The van der Waals surface area contributed by atoms with Crippen LogP contribution in [0.4, 0.5) is 0 Å². The molecule has 1 fully saturated rings. The fourth-order valence-corrected chi connectivity index (χ4v) is 3.42. The van der Waals surface area contributed by atoms with Gasteiger partial charge in [0.05, 0.1) is 9.96 Å². The number of hydrogen-bond acceptors (Lipinski definition) is 3. The quantitative estimate of drug-likeness (QED) is 0.821. The van der Waals surface area contributed by atoms with E-state index in [1.807, 2.05) is 11.4 Å². The molecule has 0 unspecified atom stereocenters. The van der Waals surface area contributed by atoms with Crippen molar-refractivity contribution in [2.24, 2.45) is 0 Å². The monoisotopic (exact) mass is 241 g/mol. The average molecular weight is 241 g/mol. The molecule has 1 aliphatic carbocycles. The van der Waals surface area contributed by atoms with Crippen molar-refractivity contribution in [3.63, 3.8) is 0 Å². The van der Waals surface area contributed by atoms with Crippen LogP contribution < -0.4 is 5.32 Å². The maximum atomic E-state index is 11.6. The van der Waals surface area contributed by atoms with Crippen molar-refractivity contribution in [1.82, 2.24) is 5.32 Å². The first-order valence-electron chi connectivity index (χ1n) is 5.30. The Morgan fingerprint density at radius 1 is 1.53 bits per heavy atom. The highest BCUT2D eigenvalue weighted by molar-refractivity contribution is 8.01. The normalized spacial score (nSPS) is 16.8. The molecule has 1 aromatic heterocycles. The van der Waals surface area contributed by atoms with Crippen molar-refractivity contribution < 1.29 is 4.79 Å². The van der Waals surface area contributed by atoms with Gasteiger partial charge < -0.3 is 5.32 Å². The Balaban J connectivity index is 1.68. The molecule has 0 aliphatic heterocycles. The van der Waals surface area contributed by atoms with Crippen LogP contribution >= 0.6 is 23.1 Å². The first-order chi connectivity index (χ1) is 7.34. The van der Waals surface area contributed by atoms with E-state index >= 15 is 0 Å². The van der Waals surface area contributed by atoms with Gasteiger partial charge in [-0.2, -0.15) is 0 Å². The van der Waals surface area contributed by atoms with E-state index in [1.54, 1.807) is 23.1 Å². The van der Waals surface area contributed by atoms with Crippen LogP contribution in [-0.4, -0.2) is 17.7 Å². The number of hydrogen-bond donors (Lipinski definition) is 1. The summed E-state index contributed by atoms with van der Waals surface area (Å²) in [6, 6.07) is 4.52. The molecule has 1 amide bonds. The number of thioether (sulfide) groups is 1. The molecule has 2 rings (SSSR count). The lowest BCUT2D eigenvalue weighted by Gasteiger charge is -2.10. The first kappa shape index (κ1) is 11.0. The SMILES string of the molecule is O=C(CSc1cccs1)NC1CCCC1. The van der Waals surface area contributed by atoms with Crippen molar-refractivity contribution >= 4 is 29.0 Å². The van der Waals surface area contributed by atoms with Gasteiger partial charge in [0.25, 0.3) is 0 Å². The lowest BCUT2D eigenvalue weighted by Crippen LogP contribution is -2.33. The molecule has 82 valence electrons. The highest BCUT2D eigenvalue weighted by Gasteiger charge is 2.16. The molecule has 0 radical (unpaired) electrons. The van der Waals surface area contributed by atoms with E-state index in [4.69, 9.17) is 0 Å². The highest BCUT2D eigenvalue weighted by Crippen LogP contribution is 2.23. The summed E-state index contributed by atoms with van der Waals surface area (Å²) >= 11 is 3.32. The van der Waals surface area contributed by atoms with Gasteiger partial charge in [0.1, 0.15) is 0 Å². The minimum atomic E-state index is 0.181. The summed E-state index contributed by atoms with van der Waals surface area (Å²) in [5, 5.41) is 5.13. The van der Waals surface area contributed by atoms with E-state index in [1.165, 1.54) is 17.1 Å². The minimum absolute atomic E-state index is 0.181. The second-order valence-corrected chi connectivity index (χ2v) is 5.99. The number of rotatable bonds is 4. The largest absolute Gasteiger partial charge is 0.353 e. The molecule has 0 spiro atoms. The van der Waals surface area contributed by atoms with Gasteiger partial charge in [-0.15, -0.1) is 23.1 Å². The van der Waals surface area contributed by atoms with Gasteiger partial charge in [0, 0.05) is 6.04 Å². The van der Waals surface area contributed by atoms with Crippen molar-refractivity contribution in [2.75, 3.05) is 5.75 Å². The van der Waals surface area contributed by atoms with Gasteiger partial charge in [0.2, 0.25) is 5.91 Å². The molecule has 0 saturated heterocycles. The van der Waals surface area contributed by atoms with Crippen molar-refractivity contribution in [2.45, 2.75) is 35.9 Å². The van der Waals surface area contributed by atoms with Gasteiger partial charge in [-0.1, -0.05) is 18.9 Å². The summed E-state index contributed by atoms with van der Waals surface area (Å²) < 4.78 is 1.22. The first-order valence-corrected chi connectivity index (χ1v) is 7.17. The van der Waals surface area contributed by atoms with E-state index in [0.717, 1.165) is 12.8 Å². The van der Waals surface area contributed by atoms with E-state index in [2.05, 4.69) is 11.4 Å². The molecule has 0 atom stereocenters. The summed E-state index contributed by atoms with van der Waals surface area (Å²) in [7, 11) is 0. The van der Waals surface area contributed by atoms with Gasteiger partial charge in [-0.25, -0.2) is 0 Å². The molecule has 2 nitrogen and oxygen atoms in total. The number of amides is 1. The molecule has 15 heavy (non-hydrogen) atoms. The van der Waals surface area contributed by atoms with Crippen LogP contribution in [0.5, 0.6) is 0 Å². The Kier molecular flexibility index (Phi) is 4.09. The van der Waals surface area contributed by atoms with Gasteiger partial charge >= 0.3 is 0 Å². The van der Waals surface area contributed by atoms with Crippen LogP contribution in [-0.2, 0) is 4.79 Å². The third-order valence-electron chi connectivity index (χ3n) is 2.56. The van der Waals surface area contributed by atoms with Gasteiger partial charge in [0.15, 0.2) is 0 Å². The van der Waals surface area contributed by atoms with Crippen LogP contribution in [0.1, 0.15) is 25.7 Å².